The second-order valence-corrected chi connectivity index (χ2v) is 10.1. The zero-order valence-corrected chi connectivity index (χ0v) is 18.8. The molecule has 3 fully saturated rings. The fourth-order valence-corrected chi connectivity index (χ4v) is 6.57. The van der Waals surface area contributed by atoms with Gasteiger partial charge in [-0.05, 0) is 70.3 Å². The summed E-state index contributed by atoms with van der Waals surface area (Å²) in [4.78, 5) is 16.7. The van der Waals surface area contributed by atoms with Crippen LogP contribution in [0.5, 0.6) is 6.01 Å². The van der Waals surface area contributed by atoms with E-state index in [2.05, 4.69) is 26.7 Å². The first-order valence-electron chi connectivity index (χ1n) is 11.6. The highest BCUT2D eigenvalue weighted by molar-refractivity contribution is 6.32. The molecular weight excluding hydrogens is 417 g/mol. The second-order valence-electron chi connectivity index (χ2n) is 9.73. The van der Waals surface area contributed by atoms with Crippen LogP contribution < -0.4 is 9.64 Å². The van der Waals surface area contributed by atoms with Crippen LogP contribution in [0.2, 0.25) is 5.02 Å². The van der Waals surface area contributed by atoms with Crippen LogP contribution in [0.15, 0.2) is 6.07 Å². The lowest BCUT2D eigenvalue weighted by molar-refractivity contribution is 0.108. The Labute approximate surface area is 187 Å². The largest absolute Gasteiger partial charge is 0.461 e. The molecule has 0 bridgehead atoms. The Morgan fingerprint density at radius 1 is 1.19 bits per heavy atom. The third-order valence-electron chi connectivity index (χ3n) is 7.91. The van der Waals surface area contributed by atoms with E-state index in [9.17, 15) is 0 Å². The van der Waals surface area contributed by atoms with Crippen LogP contribution in [-0.2, 0) is 6.42 Å². The standard InChI is InChI=1S/C23H29ClFN5O/c1-28-10-11-30-15(13-28)4-5-16-17(24)12-18(25)20-19(16)21(30)27-22(26-20)31-14-23-6-2-8-29(23)9-3-7-23/h12,15H,2-11,13-14H2,1H3. The monoisotopic (exact) mass is 445 g/mol. The lowest BCUT2D eigenvalue weighted by Gasteiger charge is -2.40. The molecule has 31 heavy (non-hydrogen) atoms. The summed E-state index contributed by atoms with van der Waals surface area (Å²) in [5.41, 5.74) is 1.41. The molecule has 1 atom stereocenters. The van der Waals surface area contributed by atoms with Gasteiger partial charge in [0.2, 0.25) is 0 Å². The third-order valence-corrected chi connectivity index (χ3v) is 8.24. The molecular formula is C23H29ClFN5O. The zero-order valence-electron chi connectivity index (χ0n) is 18.0. The van der Waals surface area contributed by atoms with E-state index >= 15 is 4.39 Å². The number of hydrogen-bond acceptors (Lipinski definition) is 6. The van der Waals surface area contributed by atoms with E-state index in [1.165, 1.54) is 18.9 Å². The molecule has 166 valence electrons. The van der Waals surface area contributed by atoms with Crippen molar-refractivity contribution in [3.63, 3.8) is 0 Å². The van der Waals surface area contributed by atoms with Crippen LogP contribution in [0.25, 0.3) is 10.9 Å². The topological polar surface area (TPSA) is 44.7 Å². The SMILES string of the molecule is CN1CCN2c3nc(OCC45CCCN4CCC5)nc4c(F)cc(Cl)c(c34)CCC2C1. The molecule has 4 aliphatic rings. The highest BCUT2D eigenvalue weighted by Gasteiger charge is 2.45. The number of aromatic nitrogens is 2. The highest BCUT2D eigenvalue weighted by Crippen LogP contribution is 2.41. The minimum absolute atomic E-state index is 0.104. The van der Waals surface area contributed by atoms with Crippen LogP contribution in [0.4, 0.5) is 10.2 Å². The molecule has 2 aromatic rings. The Balaban J connectivity index is 1.42. The average Bonchev–Trinajstić information content (AvgIpc) is 3.27. The maximum Gasteiger partial charge on any atom is 0.319 e. The van der Waals surface area contributed by atoms with Gasteiger partial charge in [-0.1, -0.05) is 11.6 Å². The normalized spacial score (nSPS) is 25.5. The fourth-order valence-electron chi connectivity index (χ4n) is 6.29. The lowest BCUT2D eigenvalue weighted by atomic mass is 9.95. The average molecular weight is 446 g/mol. The van der Waals surface area contributed by atoms with Crippen LogP contribution in [0, 0.1) is 5.82 Å². The zero-order chi connectivity index (χ0) is 21.2. The number of anilines is 1. The molecule has 8 heteroatoms. The molecule has 1 aromatic carbocycles. The summed E-state index contributed by atoms with van der Waals surface area (Å²) < 4.78 is 21.3. The second kappa shape index (κ2) is 7.42. The van der Waals surface area contributed by atoms with Crippen molar-refractivity contribution in [3.8, 4) is 6.01 Å². The molecule has 4 aliphatic heterocycles. The van der Waals surface area contributed by atoms with Crippen LogP contribution in [0.3, 0.4) is 0 Å². The molecule has 0 N–H and O–H groups in total. The summed E-state index contributed by atoms with van der Waals surface area (Å²) >= 11 is 6.50. The maximum atomic E-state index is 15.1. The summed E-state index contributed by atoms with van der Waals surface area (Å²) in [5.74, 6) is 0.394. The minimum Gasteiger partial charge on any atom is -0.461 e. The van der Waals surface area contributed by atoms with E-state index in [0.29, 0.717) is 29.2 Å². The van der Waals surface area contributed by atoms with E-state index < -0.39 is 5.82 Å². The fraction of sp³-hybridized carbons (Fsp3) is 0.652. The van der Waals surface area contributed by atoms with Gasteiger partial charge in [0, 0.05) is 30.7 Å². The quantitative estimate of drug-likeness (QED) is 0.720. The summed E-state index contributed by atoms with van der Waals surface area (Å²) in [7, 11) is 2.15. The predicted molar refractivity (Wildman–Crippen MR) is 120 cm³/mol. The van der Waals surface area contributed by atoms with Gasteiger partial charge in [-0.15, -0.1) is 0 Å². The molecule has 0 radical (unpaired) electrons. The number of benzene rings is 1. The molecule has 0 amide bonds. The van der Waals surface area contributed by atoms with Gasteiger partial charge in [-0.3, -0.25) is 4.90 Å². The third kappa shape index (κ3) is 3.19. The van der Waals surface area contributed by atoms with Gasteiger partial charge in [0.1, 0.15) is 17.9 Å². The summed E-state index contributed by atoms with van der Waals surface area (Å²) in [6, 6.07) is 2.03. The highest BCUT2D eigenvalue weighted by atomic mass is 35.5. The van der Waals surface area contributed by atoms with Crippen LogP contribution in [-0.4, -0.2) is 77.7 Å². The number of rotatable bonds is 3. The summed E-state index contributed by atoms with van der Waals surface area (Å²) in [5, 5.41) is 1.24. The molecule has 5 heterocycles. The molecule has 0 saturated carbocycles. The van der Waals surface area contributed by atoms with Crippen molar-refractivity contribution in [2.24, 2.45) is 0 Å². The maximum absolute atomic E-state index is 15.1. The van der Waals surface area contributed by atoms with Crippen LogP contribution in [0.1, 0.15) is 37.7 Å². The Morgan fingerprint density at radius 2 is 2.00 bits per heavy atom. The van der Waals surface area contributed by atoms with Gasteiger partial charge in [-0.25, -0.2) is 4.39 Å². The number of hydrogen-bond donors (Lipinski definition) is 0. The lowest BCUT2D eigenvalue weighted by Crippen LogP contribution is -2.52. The van der Waals surface area contributed by atoms with E-state index in [0.717, 1.165) is 75.2 Å². The molecule has 6 nitrogen and oxygen atoms in total. The van der Waals surface area contributed by atoms with E-state index in [1.807, 2.05) is 0 Å². The van der Waals surface area contributed by atoms with Crippen molar-refractivity contribution in [2.75, 3.05) is 51.3 Å². The van der Waals surface area contributed by atoms with E-state index in [1.54, 1.807) is 0 Å². The van der Waals surface area contributed by atoms with E-state index in [4.69, 9.17) is 21.3 Å². The smallest absolute Gasteiger partial charge is 0.319 e. The van der Waals surface area contributed by atoms with Crippen molar-refractivity contribution >= 4 is 28.3 Å². The van der Waals surface area contributed by atoms with Crippen molar-refractivity contribution < 1.29 is 9.13 Å². The van der Waals surface area contributed by atoms with Crippen molar-refractivity contribution in [3.05, 3.63) is 22.5 Å². The van der Waals surface area contributed by atoms with Crippen LogP contribution >= 0.6 is 11.6 Å². The Kier molecular flexibility index (Phi) is 4.78. The van der Waals surface area contributed by atoms with Crippen molar-refractivity contribution in [2.45, 2.75) is 50.1 Å². The Bertz CT molecular complexity index is 1020. The van der Waals surface area contributed by atoms with Gasteiger partial charge >= 0.3 is 6.01 Å². The van der Waals surface area contributed by atoms with E-state index in [-0.39, 0.29) is 5.54 Å². The van der Waals surface area contributed by atoms with Crippen molar-refractivity contribution in [1.29, 1.82) is 0 Å². The molecule has 1 unspecified atom stereocenters. The number of halogens is 2. The molecule has 0 spiro atoms. The van der Waals surface area contributed by atoms with Gasteiger partial charge in [-0.2, -0.15) is 9.97 Å². The predicted octanol–water partition coefficient (Wildman–Crippen LogP) is 3.50. The first kappa shape index (κ1) is 19.9. The van der Waals surface area contributed by atoms with Crippen molar-refractivity contribution in [1.82, 2.24) is 19.8 Å². The molecule has 3 saturated heterocycles. The summed E-state index contributed by atoms with van der Waals surface area (Å²) in [6.07, 6.45) is 6.51. The number of ether oxygens (including phenoxy) is 1. The first-order chi connectivity index (χ1) is 15.0. The van der Waals surface area contributed by atoms with Gasteiger partial charge in [0.15, 0.2) is 5.82 Å². The van der Waals surface area contributed by atoms with Gasteiger partial charge in [0.25, 0.3) is 0 Å². The number of aryl methyl sites for hydroxylation is 1. The number of nitrogens with zero attached hydrogens (tertiary/aromatic N) is 5. The molecule has 1 aromatic heterocycles. The minimum atomic E-state index is -0.397. The number of fused-ring (bicyclic) bond motifs is 3. The van der Waals surface area contributed by atoms with Gasteiger partial charge in [0.05, 0.1) is 10.9 Å². The number of likely N-dealkylation sites (N-methyl/N-ethyl adjacent to an activating group) is 1. The Hall–Kier alpha value is -1.70. The number of piperazine rings is 1. The van der Waals surface area contributed by atoms with Gasteiger partial charge < -0.3 is 14.5 Å². The summed E-state index contributed by atoms with van der Waals surface area (Å²) in [6.45, 7) is 5.64. The molecule has 6 rings (SSSR count). The Morgan fingerprint density at radius 3 is 2.81 bits per heavy atom. The first-order valence-corrected chi connectivity index (χ1v) is 11.9. The molecule has 0 aliphatic carbocycles.